The molecule has 3 N–H and O–H groups in total. The smallest absolute Gasteiger partial charge is 0.157 e. The highest BCUT2D eigenvalue weighted by atomic mass is 15.0. The largest absolute Gasteiger partial charge is 0.383 e. The second-order valence-electron chi connectivity index (χ2n) is 15.7. The van der Waals surface area contributed by atoms with E-state index >= 15 is 0 Å². The monoisotopic (exact) mass is 810 g/mol. The van der Waals surface area contributed by atoms with Gasteiger partial charge in [-0.3, -0.25) is 4.99 Å². The van der Waals surface area contributed by atoms with Gasteiger partial charge in [-0.2, -0.15) is 0 Å². The number of hydrogen-bond acceptors (Lipinski definition) is 1. The lowest BCUT2D eigenvalue weighted by molar-refractivity contribution is 1.06. The summed E-state index contributed by atoms with van der Waals surface area (Å²) in [5, 5.41) is 7.45. The summed E-state index contributed by atoms with van der Waals surface area (Å²) in [7, 11) is 0. The average molecular weight is 811 g/mol. The van der Waals surface area contributed by atoms with Crippen molar-refractivity contribution in [3.8, 4) is 11.4 Å². The van der Waals surface area contributed by atoms with Crippen molar-refractivity contribution in [3.63, 3.8) is 0 Å². The number of aromatic amines is 1. The van der Waals surface area contributed by atoms with Gasteiger partial charge in [0.2, 0.25) is 0 Å². The van der Waals surface area contributed by atoms with Gasteiger partial charge in [-0.05, 0) is 60.2 Å². The van der Waals surface area contributed by atoms with Gasteiger partial charge in [-0.1, -0.05) is 170 Å². The van der Waals surface area contributed by atoms with E-state index in [0.717, 1.165) is 38.9 Å². The number of para-hydroxylation sites is 5. The lowest BCUT2D eigenvalue weighted by atomic mass is 10.1. The Morgan fingerprint density at radius 1 is 0.429 bits per heavy atom. The highest BCUT2D eigenvalue weighted by Crippen LogP contribution is 2.39. The first-order chi connectivity index (χ1) is 31.2. The summed E-state index contributed by atoms with van der Waals surface area (Å²) in [6.45, 7) is 0.518. The highest BCUT2D eigenvalue weighted by Gasteiger charge is 2.18. The van der Waals surface area contributed by atoms with Crippen LogP contribution in [-0.4, -0.2) is 25.8 Å². The summed E-state index contributed by atoms with van der Waals surface area (Å²) in [4.78, 5) is 13.4. The molecule has 0 saturated heterocycles. The molecule has 0 spiro atoms. The van der Waals surface area contributed by atoms with E-state index in [-0.39, 0.29) is 0 Å². The molecule has 0 aliphatic heterocycles. The molecule has 3 aromatic heterocycles. The first kappa shape index (κ1) is 37.5. The number of aromatic nitrogens is 3. The van der Waals surface area contributed by atoms with Gasteiger partial charge in [0.15, 0.2) is 5.84 Å². The van der Waals surface area contributed by atoms with E-state index in [0.29, 0.717) is 18.2 Å². The van der Waals surface area contributed by atoms with Crippen molar-refractivity contribution in [2.75, 3.05) is 0 Å². The number of amidine groups is 2. The topological polar surface area (TPSA) is 76.4 Å². The number of nitrogens with one attached hydrogen (secondary N) is 1. The molecule has 12 aromatic rings. The molecule has 0 unspecified atom stereocenters. The van der Waals surface area contributed by atoms with Crippen LogP contribution in [0.2, 0.25) is 0 Å². The highest BCUT2D eigenvalue weighted by molar-refractivity contribution is 6.25. The van der Waals surface area contributed by atoms with Crippen LogP contribution in [0.5, 0.6) is 0 Å². The molecular formula is C57H42N6. The summed E-state index contributed by atoms with van der Waals surface area (Å²) in [6, 6.07) is 77.7. The number of benzene rings is 9. The molecule has 63 heavy (non-hydrogen) atoms. The van der Waals surface area contributed by atoms with Gasteiger partial charge < -0.3 is 19.9 Å². The van der Waals surface area contributed by atoms with Crippen LogP contribution in [0.1, 0.15) is 16.7 Å². The Bertz CT molecular complexity index is 3600. The van der Waals surface area contributed by atoms with Gasteiger partial charge in [0.25, 0.3) is 0 Å². The molecule has 0 atom stereocenters. The van der Waals surface area contributed by atoms with Gasteiger partial charge in [0.05, 0.1) is 28.6 Å². The Balaban J connectivity index is 0.000000194. The minimum absolute atomic E-state index is 0.417. The van der Waals surface area contributed by atoms with E-state index in [1.54, 1.807) is 0 Å². The van der Waals surface area contributed by atoms with E-state index in [4.69, 9.17) is 15.7 Å². The van der Waals surface area contributed by atoms with E-state index < -0.39 is 0 Å². The van der Waals surface area contributed by atoms with Gasteiger partial charge in [0.1, 0.15) is 5.84 Å². The van der Waals surface area contributed by atoms with E-state index in [9.17, 15) is 0 Å². The van der Waals surface area contributed by atoms with Crippen LogP contribution >= 0.6 is 0 Å². The molecule has 6 nitrogen and oxygen atoms in total. The Kier molecular flexibility index (Phi) is 9.63. The molecule has 0 radical (unpaired) electrons. The molecule has 9 aromatic carbocycles. The maximum Gasteiger partial charge on any atom is 0.157 e. The number of aliphatic imine (C=N–C) groups is 2. The van der Waals surface area contributed by atoms with Crippen LogP contribution in [0, 0.1) is 0 Å². The van der Waals surface area contributed by atoms with Crippen molar-refractivity contribution >= 4 is 77.1 Å². The Morgan fingerprint density at radius 2 is 0.952 bits per heavy atom. The zero-order valence-corrected chi connectivity index (χ0v) is 34.4. The van der Waals surface area contributed by atoms with Crippen molar-refractivity contribution in [3.05, 3.63) is 241 Å². The predicted molar refractivity (Wildman–Crippen MR) is 265 cm³/mol. The first-order valence-electron chi connectivity index (χ1n) is 21.2. The second kappa shape index (κ2) is 16.2. The molecule has 0 fully saturated rings. The van der Waals surface area contributed by atoms with Crippen molar-refractivity contribution in [1.82, 2.24) is 14.1 Å². The molecule has 0 saturated carbocycles. The molecule has 300 valence electrons. The third-order valence-electron chi connectivity index (χ3n) is 11.8. The van der Waals surface area contributed by atoms with Gasteiger partial charge >= 0.3 is 0 Å². The third-order valence-corrected chi connectivity index (χ3v) is 11.8. The number of nitrogens with zero attached hydrogens (tertiary/aromatic N) is 4. The number of hydrogen-bond donors (Lipinski definition) is 2. The molecular weight excluding hydrogens is 769 g/mol. The lowest BCUT2D eigenvalue weighted by Gasteiger charge is -2.11. The Hall–Kier alpha value is -8.48. The van der Waals surface area contributed by atoms with Crippen LogP contribution in [-0.2, 0) is 6.54 Å². The minimum Gasteiger partial charge on any atom is -0.383 e. The summed E-state index contributed by atoms with van der Waals surface area (Å²) in [5.41, 5.74) is 18.9. The minimum atomic E-state index is 0.417. The summed E-state index contributed by atoms with van der Waals surface area (Å²) >= 11 is 0. The fraction of sp³-hybridized carbons (Fsp3) is 0.0175. The first-order valence-corrected chi connectivity index (χ1v) is 21.2. The zero-order chi connectivity index (χ0) is 42.1. The molecule has 3 heterocycles. The molecule has 0 aliphatic rings. The fourth-order valence-electron chi connectivity index (χ4n) is 8.95. The van der Waals surface area contributed by atoms with Gasteiger partial charge in [-0.15, -0.1) is 0 Å². The number of H-pyrrole nitrogens is 1. The average Bonchev–Trinajstić information content (AvgIpc) is 4.02. The molecule has 12 rings (SSSR count). The van der Waals surface area contributed by atoms with Crippen molar-refractivity contribution < 1.29 is 0 Å². The maximum atomic E-state index is 6.75. The van der Waals surface area contributed by atoms with Crippen LogP contribution in [0.25, 0.3) is 76.8 Å². The normalized spacial score (nSPS) is 12.1. The quantitative estimate of drug-likeness (QED) is 0.127. The number of rotatable bonds is 6. The Morgan fingerprint density at radius 3 is 1.63 bits per heavy atom. The van der Waals surface area contributed by atoms with Crippen molar-refractivity contribution in [1.29, 1.82) is 0 Å². The molecule has 0 bridgehead atoms. The zero-order valence-electron chi connectivity index (χ0n) is 34.4. The molecule has 6 heteroatoms. The van der Waals surface area contributed by atoms with Crippen molar-refractivity contribution in [2.45, 2.75) is 6.54 Å². The number of fused-ring (bicyclic) bond motifs is 10. The van der Waals surface area contributed by atoms with Gasteiger partial charge in [0, 0.05) is 65.9 Å². The van der Waals surface area contributed by atoms with E-state index in [1.165, 1.54) is 54.6 Å². The Labute approximate surface area is 364 Å². The van der Waals surface area contributed by atoms with Crippen LogP contribution in [0.3, 0.4) is 0 Å². The maximum absolute atomic E-state index is 6.75. The van der Waals surface area contributed by atoms with Crippen LogP contribution in [0.15, 0.2) is 234 Å². The fourth-order valence-corrected chi connectivity index (χ4v) is 8.95. The molecule has 0 amide bonds. The van der Waals surface area contributed by atoms with Crippen molar-refractivity contribution in [2.24, 2.45) is 15.7 Å². The second-order valence-corrected chi connectivity index (χ2v) is 15.7. The SMILES string of the molecule is NC(=NC(=NCc1ccccc1)c1ccccc1)c1cccc(-n2c3ccccc3c3ccc4[nH]c5ccccc5c4c32)c1.c1ccc(-n2c3ccccc3c3ccccc32)cc1. The van der Waals surface area contributed by atoms with Crippen LogP contribution in [0.4, 0.5) is 0 Å². The number of nitrogens with two attached hydrogens (primary N) is 1. The summed E-state index contributed by atoms with van der Waals surface area (Å²) in [6.07, 6.45) is 0. The lowest BCUT2D eigenvalue weighted by Crippen LogP contribution is -2.17. The van der Waals surface area contributed by atoms with Gasteiger partial charge in [-0.25, -0.2) is 4.99 Å². The summed E-state index contributed by atoms with van der Waals surface area (Å²) < 4.78 is 4.68. The van der Waals surface area contributed by atoms with E-state index in [1.807, 2.05) is 60.7 Å². The molecule has 0 aliphatic carbocycles. The standard InChI is InChI=1S/C39H29N5.C18H13N/c40-38(43-39(27-14-5-2-6-15-27)41-25-26-12-3-1-4-13-26)28-16-11-17-29(24-28)44-35-21-10-8-18-30(35)31-22-23-34-36(37(31)44)32-19-7-9-20-33(32)42-34;1-2-8-14(9-3-1)19-17-12-6-4-10-15(17)16-11-5-7-13-18(16)19/h1-24,42H,25H2,(H2,40,41,43);1-13H. The van der Waals surface area contributed by atoms with Crippen LogP contribution < -0.4 is 5.73 Å². The third kappa shape index (κ3) is 6.90. The predicted octanol–water partition coefficient (Wildman–Crippen LogP) is 13.6. The summed E-state index contributed by atoms with van der Waals surface area (Å²) in [5.74, 6) is 1.02. The van der Waals surface area contributed by atoms with E-state index in [2.05, 4.69) is 178 Å².